The first-order valence-electron chi connectivity index (χ1n) is 11.6. The topological polar surface area (TPSA) is 70.1 Å². The van der Waals surface area contributed by atoms with Crippen LogP contribution in [0.3, 0.4) is 0 Å². The van der Waals surface area contributed by atoms with Crippen molar-refractivity contribution in [3.63, 3.8) is 0 Å². The van der Waals surface area contributed by atoms with E-state index in [0.29, 0.717) is 30.0 Å². The Kier molecular flexibility index (Phi) is 6.15. The number of nitrogens with zero attached hydrogens (tertiary/aromatic N) is 2. The van der Waals surface area contributed by atoms with Gasteiger partial charge in [0.2, 0.25) is 0 Å². The number of Topliss-reactive ketones (excluding diaryl/α,β-unsaturated/α-hetero) is 1. The first-order valence-corrected chi connectivity index (χ1v) is 11.6. The molecule has 1 atom stereocenters. The number of likely N-dealkylation sites (N-methyl/N-ethyl adjacent to an activating group) is 1. The van der Waals surface area contributed by atoms with E-state index in [0.717, 1.165) is 17.8 Å². The van der Waals surface area contributed by atoms with Crippen molar-refractivity contribution >= 4 is 23.1 Å². The number of likely N-dealkylation sites (tertiary alicyclic amines) is 1. The van der Waals surface area contributed by atoms with Gasteiger partial charge in [0.25, 0.3) is 11.7 Å². The monoisotopic (exact) mass is 508 g/mol. The molecule has 0 spiro atoms. The zero-order valence-electron chi connectivity index (χ0n) is 19.8. The van der Waals surface area contributed by atoms with Crippen molar-refractivity contribution in [2.75, 3.05) is 25.1 Å². The van der Waals surface area contributed by atoms with Gasteiger partial charge in [-0.3, -0.25) is 9.59 Å². The van der Waals surface area contributed by atoms with Gasteiger partial charge in [-0.15, -0.1) is 0 Å². The highest BCUT2D eigenvalue weighted by atomic mass is 19.4. The summed E-state index contributed by atoms with van der Waals surface area (Å²) >= 11 is 0. The van der Waals surface area contributed by atoms with Crippen molar-refractivity contribution < 1.29 is 32.6 Å². The number of aliphatic hydroxyl groups is 1. The number of carbonyl (C=O) groups excluding carboxylic acids is 2. The van der Waals surface area contributed by atoms with Crippen LogP contribution in [0.2, 0.25) is 0 Å². The summed E-state index contributed by atoms with van der Waals surface area (Å²) in [7, 11) is 1.88. The molecule has 190 valence electrons. The van der Waals surface area contributed by atoms with Gasteiger partial charge >= 0.3 is 6.18 Å². The lowest BCUT2D eigenvalue weighted by atomic mass is 9.95. The molecule has 1 unspecified atom stereocenters. The molecule has 3 aromatic carbocycles. The van der Waals surface area contributed by atoms with Crippen LogP contribution in [0.15, 0.2) is 78.4 Å². The van der Waals surface area contributed by atoms with Crippen molar-refractivity contribution in [1.82, 2.24) is 4.90 Å². The van der Waals surface area contributed by atoms with Crippen LogP contribution >= 0.6 is 0 Å². The van der Waals surface area contributed by atoms with Crippen LogP contribution in [-0.4, -0.2) is 41.9 Å². The number of hydrogen-bond acceptors (Lipinski definition) is 5. The molecule has 9 heteroatoms. The molecule has 1 fully saturated rings. The molecule has 0 saturated carbocycles. The summed E-state index contributed by atoms with van der Waals surface area (Å²) in [5.41, 5.74) is 0.846. The van der Waals surface area contributed by atoms with Gasteiger partial charge in [0.05, 0.1) is 29.4 Å². The van der Waals surface area contributed by atoms with Crippen molar-refractivity contribution in [2.24, 2.45) is 0 Å². The van der Waals surface area contributed by atoms with Crippen molar-refractivity contribution in [3.05, 3.63) is 101 Å². The molecule has 0 aliphatic carbocycles. The van der Waals surface area contributed by atoms with E-state index in [9.17, 15) is 27.9 Å². The maximum atomic E-state index is 13.3. The summed E-state index contributed by atoms with van der Waals surface area (Å²) in [6, 6.07) is 17.3. The maximum absolute atomic E-state index is 13.3. The van der Waals surface area contributed by atoms with E-state index >= 15 is 0 Å². The third-order valence-corrected chi connectivity index (χ3v) is 6.59. The number of ether oxygens (including phenoxy) is 1. The number of halogens is 3. The number of hydrogen-bond donors (Lipinski definition) is 1. The Labute approximate surface area is 211 Å². The van der Waals surface area contributed by atoms with E-state index in [4.69, 9.17) is 4.74 Å². The molecular formula is C28H23F3N2O4. The molecular weight excluding hydrogens is 485 g/mol. The Bertz CT molecular complexity index is 1400. The molecule has 1 amide bonds. The van der Waals surface area contributed by atoms with Crippen molar-refractivity contribution in [2.45, 2.75) is 18.8 Å². The maximum Gasteiger partial charge on any atom is 0.416 e. The summed E-state index contributed by atoms with van der Waals surface area (Å²) in [5.74, 6) is -1.53. The van der Waals surface area contributed by atoms with Gasteiger partial charge in [-0.1, -0.05) is 42.5 Å². The standard InChI is InChI=1S/C28H23F3N2O4/c1-32-12-13-37-22-11-10-19(15-21(22)32)25(34)23-24(18-7-3-2-4-8-18)33(27(36)26(23)35)16-17-6-5-9-20(14-17)28(29,30)31/h2-11,14-15,24,34H,12-13,16H2,1H3/b25-23-. The van der Waals surface area contributed by atoms with Gasteiger partial charge in [0.15, 0.2) is 0 Å². The van der Waals surface area contributed by atoms with Gasteiger partial charge in [-0.2, -0.15) is 13.2 Å². The molecule has 5 rings (SSSR count). The third-order valence-electron chi connectivity index (χ3n) is 6.59. The average molecular weight is 508 g/mol. The number of benzene rings is 3. The Morgan fingerprint density at radius 3 is 2.51 bits per heavy atom. The minimum Gasteiger partial charge on any atom is -0.507 e. The van der Waals surface area contributed by atoms with Gasteiger partial charge in [-0.05, 0) is 41.5 Å². The molecule has 6 nitrogen and oxygen atoms in total. The first-order chi connectivity index (χ1) is 17.6. The molecule has 2 aliphatic heterocycles. The van der Waals surface area contributed by atoms with Gasteiger partial charge < -0.3 is 19.6 Å². The van der Waals surface area contributed by atoms with Gasteiger partial charge in [0, 0.05) is 19.2 Å². The highest BCUT2D eigenvalue weighted by molar-refractivity contribution is 6.46. The number of anilines is 1. The van der Waals surface area contributed by atoms with Gasteiger partial charge in [-0.25, -0.2) is 0 Å². The second-order valence-electron chi connectivity index (χ2n) is 8.99. The van der Waals surface area contributed by atoms with Crippen LogP contribution in [0.4, 0.5) is 18.9 Å². The molecule has 37 heavy (non-hydrogen) atoms. The van der Waals surface area contributed by atoms with Crippen LogP contribution in [0.5, 0.6) is 5.75 Å². The zero-order valence-corrected chi connectivity index (χ0v) is 19.8. The first kappa shape index (κ1) is 24.4. The van der Waals surface area contributed by atoms with E-state index in [1.807, 2.05) is 11.9 Å². The van der Waals surface area contributed by atoms with E-state index in [2.05, 4.69) is 0 Å². The summed E-state index contributed by atoms with van der Waals surface area (Å²) in [5, 5.41) is 11.3. The molecule has 0 radical (unpaired) electrons. The highest BCUT2D eigenvalue weighted by Gasteiger charge is 2.46. The third kappa shape index (κ3) is 4.52. The fourth-order valence-corrected chi connectivity index (χ4v) is 4.72. The predicted molar refractivity (Wildman–Crippen MR) is 131 cm³/mol. The Balaban J connectivity index is 1.60. The lowest BCUT2D eigenvalue weighted by Gasteiger charge is -2.28. The van der Waals surface area contributed by atoms with E-state index in [1.54, 1.807) is 48.5 Å². The summed E-state index contributed by atoms with van der Waals surface area (Å²) in [6.07, 6.45) is -4.55. The molecule has 1 saturated heterocycles. The number of amides is 1. The van der Waals surface area contributed by atoms with Crippen molar-refractivity contribution in [3.8, 4) is 5.75 Å². The minimum absolute atomic E-state index is 0.123. The lowest BCUT2D eigenvalue weighted by Crippen LogP contribution is -2.29. The molecule has 2 heterocycles. The zero-order chi connectivity index (χ0) is 26.3. The van der Waals surface area contributed by atoms with Crippen LogP contribution in [0.1, 0.15) is 28.3 Å². The average Bonchev–Trinajstić information content (AvgIpc) is 3.13. The molecule has 0 aromatic heterocycles. The van der Waals surface area contributed by atoms with E-state index in [-0.39, 0.29) is 23.4 Å². The SMILES string of the molecule is CN1CCOc2ccc(/C(O)=C3/C(=O)C(=O)N(Cc4cccc(C(F)(F)F)c4)C3c3ccccc3)cc21. The number of fused-ring (bicyclic) bond motifs is 1. The van der Waals surface area contributed by atoms with Crippen LogP contribution in [0.25, 0.3) is 5.76 Å². The predicted octanol–water partition coefficient (Wildman–Crippen LogP) is 5.16. The summed E-state index contributed by atoms with van der Waals surface area (Å²) < 4.78 is 45.5. The Morgan fingerprint density at radius 1 is 1.03 bits per heavy atom. The second-order valence-corrected chi connectivity index (χ2v) is 8.99. The minimum atomic E-state index is -4.55. The Morgan fingerprint density at radius 2 is 1.78 bits per heavy atom. The quantitative estimate of drug-likeness (QED) is 0.300. The van der Waals surface area contributed by atoms with Crippen LogP contribution in [0, 0.1) is 0 Å². The molecule has 2 aliphatic rings. The highest BCUT2D eigenvalue weighted by Crippen LogP contribution is 2.42. The van der Waals surface area contributed by atoms with Crippen LogP contribution < -0.4 is 9.64 Å². The molecule has 3 aromatic rings. The number of carbonyl (C=O) groups is 2. The number of alkyl halides is 3. The Hall–Kier alpha value is -4.27. The lowest BCUT2D eigenvalue weighted by molar-refractivity contribution is -0.140. The smallest absolute Gasteiger partial charge is 0.416 e. The van der Waals surface area contributed by atoms with Crippen LogP contribution in [-0.2, 0) is 22.3 Å². The largest absolute Gasteiger partial charge is 0.507 e. The van der Waals surface area contributed by atoms with Crippen molar-refractivity contribution in [1.29, 1.82) is 0 Å². The number of aliphatic hydroxyl groups excluding tert-OH is 1. The number of rotatable bonds is 4. The molecule has 0 bridgehead atoms. The van der Waals surface area contributed by atoms with E-state index in [1.165, 1.54) is 17.0 Å². The fourth-order valence-electron chi connectivity index (χ4n) is 4.72. The molecule has 1 N–H and O–H groups in total. The fraction of sp³-hybridized carbons (Fsp3) is 0.214. The second kappa shape index (κ2) is 9.31. The normalized spacial score (nSPS) is 19.1. The van der Waals surface area contributed by atoms with Gasteiger partial charge in [0.1, 0.15) is 18.1 Å². The number of ketones is 1. The summed E-state index contributed by atoms with van der Waals surface area (Å²) in [6.45, 7) is 0.914. The van der Waals surface area contributed by atoms with E-state index < -0.39 is 29.5 Å². The summed E-state index contributed by atoms with van der Waals surface area (Å²) in [4.78, 5) is 29.6.